The highest BCUT2D eigenvalue weighted by molar-refractivity contribution is 5.99. The van der Waals surface area contributed by atoms with Crippen LogP contribution in [0.25, 0.3) is 0 Å². The molecule has 1 fully saturated rings. The van der Waals surface area contributed by atoms with Crippen molar-refractivity contribution < 1.29 is 32.6 Å². The molecule has 3 heterocycles. The summed E-state index contributed by atoms with van der Waals surface area (Å²) >= 11 is 0. The second-order valence-corrected chi connectivity index (χ2v) is 15.3. The molecule has 0 spiro atoms. The van der Waals surface area contributed by atoms with Crippen molar-refractivity contribution in [2.75, 3.05) is 20.4 Å². The van der Waals surface area contributed by atoms with E-state index in [2.05, 4.69) is 44.9 Å². The van der Waals surface area contributed by atoms with Gasteiger partial charge in [-0.15, -0.1) is 0 Å². The van der Waals surface area contributed by atoms with Crippen molar-refractivity contribution in [1.82, 2.24) is 14.8 Å². The van der Waals surface area contributed by atoms with E-state index in [1.165, 1.54) is 25.1 Å². The van der Waals surface area contributed by atoms with Crippen molar-refractivity contribution in [3.8, 4) is 5.75 Å². The number of aliphatic imine (C=N–C) groups is 1. The second-order valence-electron chi connectivity index (χ2n) is 15.3. The van der Waals surface area contributed by atoms with Gasteiger partial charge in [-0.25, -0.2) is 8.78 Å². The third kappa shape index (κ3) is 13.0. The van der Waals surface area contributed by atoms with Crippen molar-refractivity contribution in [1.29, 1.82) is 0 Å². The lowest BCUT2D eigenvalue weighted by atomic mass is 9.82. The molecule has 2 aliphatic rings. The third-order valence-electron chi connectivity index (χ3n) is 10.3. The number of nitrogens with zero attached hydrogens (tertiary/aromatic N) is 3. The lowest BCUT2D eigenvalue weighted by molar-refractivity contribution is -0.150. The van der Waals surface area contributed by atoms with Gasteiger partial charge in [0.25, 0.3) is 11.8 Å². The van der Waals surface area contributed by atoms with Gasteiger partial charge >= 0.3 is 5.97 Å². The minimum atomic E-state index is -0.850. The number of hydrogen-bond donors (Lipinski definition) is 1. The van der Waals surface area contributed by atoms with Gasteiger partial charge in [-0.05, 0) is 64.9 Å². The number of pyridine rings is 1. The number of rotatable bonds is 14. The zero-order chi connectivity index (χ0) is 40.6. The Morgan fingerprint density at radius 2 is 1.69 bits per heavy atom. The van der Waals surface area contributed by atoms with Gasteiger partial charge in [0.15, 0.2) is 5.69 Å². The SMILES string of the molecule is CC(C)CCCCCCC(=O)OCOc1c2n(cc(C(=O)NCc3ccc(F)cc3F)c1=O)C1(C)CN(C2=O)C(C)CCC1C.CCCC.CN=C(C)C. The fraction of sp³-hybridized carbons (Fsp3) is 0.643. The van der Waals surface area contributed by atoms with Crippen LogP contribution < -0.4 is 15.5 Å². The molecule has 1 aromatic carbocycles. The van der Waals surface area contributed by atoms with Crippen LogP contribution in [-0.2, 0) is 21.6 Å². The number of carbonyl (C=O) groups excluding carboxylic acids is 3. The lowest BCUT2D eigenvalue weighted by Gasteiger charge is -2.46. The first-order chi connectivity index (χ1) is 25.5. The van der Waals surface area contributed by atoms with Crippen molar-refractivity contribution in [3.63, 3.8) is 0 Å². The molecular formula is C42H64F2N4O6. The van der Waals surface area contributed by atoms with Crippen LogP contribution in [0.3, 0.4) is 0 Å². The maximum Gasteiger partial charge on any atom is 0.308 e. The van der Waals surface area contributed by atoms with Crippen molar-refractivity contribution in [2.45, 2.75) is 145 Å². The van der Waals surface area contributed by atoms with Gasteiger partial charge < -0.3 is 24.3 Å². The number of aromatic nitrogens is 1. The molecule has 3 unspecified atom stereocenters. The number of halogens is 2. The van der Waals surface area contributed by atoms with Gasteiger partial charge in [0.1, 0.15) is 17.2 Å². The summed E-state index contributed by atoms with van der Waals surface area (Å²) < 4.78 is 40.3. The Morgan fingerprint density at radius 1 is 1.04 bits per heavy atom. The Balaban J connectivity index is 0.00000100. The first kappa shape index (κ1) is 46.1. The van der Waals surface area contributed by atoms with Gasteiger partial charge in [0.05, 0.1) is 5.54 Å². The van der Waals surface area contributed by atoms with E-state index in [4.69, 9.17) is 9.47 Å². The summed E-state index contributed by atoms with van der Waals surface area (Å²) in [5.74, 6) is -2.96. The van der Waals surface area contributed by atoms with Crippen LogP contribution in [0.5, 0.6) is 5.75 Å². The summed E-state index contributed by atoms with van der Waals surface area (Å²) in [6.07, 6.45) is 10.6. The van der Waals surface area contributed by atoms with Crippen LogP contribution in [0, 0.1) is 23.5 Å². The molecule has 0 saturated carbocycles. The largest absolute Gasteiger partial charge is 0.451 e. The minimum absolute atomic E-state index is 0.00307. The van der Waals surface area contributed by atoms with Gasteiger partial charge in [-0.2, -0.15) is 0 Å². The number of fused-ring (bicyclic) bond motifs is 4. The Kier molecular flexibility index (Phi) is 19.0. The van der Waals surface area contributed by atoms with E-state index in [0.29, 0.717) is 24.9 Å². The lowest BCUT2D eigenvalue weighted by Crippen LogP contribution is -2.56. The van der Waals surface area contributed by atoms with Crippen LogP contribution in [-0.4, -0.2) is 59.4 Å². The molecule has 10 nitrogen and oxygen atoms in total. The summed E-state index contributed by atoms with van der Waals surface area (Å²) in [5.41, 5.74) is -0.672. The molecule has 1 aromatic heterocycles. The first-order valence-electron chi connectivity index (χ1n) is 19.5. The fourth-order valence-corrected chi connectivity index (χ4v) is 6.16. The summed E-state index contributed by atoms with van der Waals surface area (Å²) in [6, 6.07) is 2.92. The molecule has 2 aliphatic heterocycles. The van der Waals surface area contributed by atoms with E-state index in [0.717, 1.165) is 50.3 Å². The third-order valence-corrected chi connectivity index (χ3v) is 10.3. The van der Waals surface area contributed by atoms with Crippen LogP contribution in [0.4, 0.5) is 8.78 Å². The highest BCUT2D eigenvalue weighted by Crippen LogP contribution is 2.41. The standard InChI is InChI=1S/C34H45F2N3O6.C4H9N.C4H10/c1-21(2)10-8-6-7-9-11-28(40)44-20-45-31-29-33(43)38-19-34(5,22(3)12-13-23(38)4)39(29)18-26(30(31)41)32(42)37-17-24-14-15-25(35)16-27(24)36;1-4(2)5-3;1-3-4-2/h14-16,18,21-23H,6-13,17,19-20H2,1-5H3,(H,37,42);1-3H3;3-4H2,1-2H3. The quantitative estimate of drug-likeness (QED) is 0.0891. The molecule has 2 bridgehead atoms. The maximum absolute atomic E-state index is 14.2. The first-order valence-corrected chi connectivity index (χ1v) is 19.5. The van der Waals surface area contributed by atoms with E-state index in [-0.39, 0.29) is 47.5 Å². The highest BCUT2D eigenvalue weighted by Gasteiger charge is 2.48. The van der Waals surface area contributed by atoms with Gasteiger partial charge in [0, 0.05) is 56.1 Å². The predicted octanol–water partition coefficient (Wildman–Crippen LogP) is 8.83. The van der Waals surface area contributed by atoms with Crippen molar-refractivity contribution >= 4 is 23.5 Å². The average molecular weight is 759 g/mol. The second kappa shape index (κ2) is 22.3. The van der Waals surface area contributed by atoms with E-state index in [9.17, 15) is 28.0 Å². The van der Waals surface area contributed by atoms with Crippen LogP contribution in [0.1, 0.15) is 153 Å². The van der Waals surface area contributed by atoms with Gasteiger partial charge in [-0.1, -0.05) is 79.2 Å². The molecule has 2 aromatic rings. The molecule has 302 valence electrons. The van der Waals surface area contributed by atoms with E-state index >= 15 is 0 Å². The minimum Gasteiger partial charge on any atom is -0.451 e. The molecule has 1 N–H and O–H groups in total. The highest BCUT2D eigenvalue weighted by atomic mass is 19.1. The number of benzene rings is 1. The molecule has 12 heteroatoms. The molecule has 54 heavy (non-hydrogen) atoms. The van der Waals surface area contributed by atoms with Crippen molar-refractivity contribution in [3.05, 3.63) is 63.1 Å². The van der Waals surface area contributed by atoms with E-state index in [1.54, 1.807) is 16.5 Å². The zero-order valence-corrected chi connectivity index (χ0v) is 34.3. The molecule has 0 radical (unpaired) electrons. The Labute approximate surface area is 321 Å². The smallest absolute Gasteiger partial charge is 0.308 e. The van der Waals surface area contributed by atoms with Crippen molar-refractivity contribution in [2.24, 2.45) is 16.8 Å². The molecule has 3 atom stereocenters. The monoisotopic (exact) mass is 758 g/mol. The molecule has 4 rings (SSSR count). The van der Waals surface area contributed by atoms with Crippen LogP contribution in [0.15, 0.2) is 34.2 Å². The molecule has 2 amide bonds. The number of amides is 2. The van der Waals surface area contributed by atoms with Gasteiger partial charge in [-0.3, -0.25) is 24.2 Å². The maximum atomic E-state index is 14.2. The topological polar surface area (TPSA) is 119 Å². The molecule has 1 saturated heterocycles. The number of ether oxygens (including phenoxy) is 2. The summed E-state index contributed by atoms with van der Waals surface area (Å²) in [7, 11) is 1.79. The van der Waals surface area contributed by atoms with E-state index < -0.39 is 47.2 Å². The van der Waals surface area contributed by atoms with E-state index in [1.807, 2.05) is 27.7 Å². The fourth-order valence-electron chi connectivity index (χ4n) is 6.16. The number of nitrogens with one attached hydrogen (secondary N) is 1. The normalized spacial score (nSPS) is 18.6. The number of esters is 1. The number of unbranched alkanes of at least 4 members (excludes halogenated alkanes) is 4. The zero-order valence-electron chi connectivity index (χ0n) is 34.3. The molecule has 0 aliphatic carbocycles. The number of carbonyl (C=O) groups is 3. The Morgan fingerprint density at radius 3 is 2.28 bits per heavy atom. The summed E-state index contributed by atoms with van der Waals surface area (Å²) in [4.78, 5) is 59.0. The van der Waals surface area contributed by atoms with Crippen LogP contribution in [0.2, 0.25) is 0 Å². The number of hydrogen-bond acceptors (Lipinski definition) is 7. The Hall–Kier alpha value is -4.09. The molecular weight excluding hydrogens is 694 g/mol. The van der Waals surface area contributed by atoms with Crippen LogP contribution >= 0.6 is 0 Å². The summed E-state index contributed by atoms with van der Waals surface area (Å²) in [5, 5.41) is 2.53. The predicted molar refractivity (Wildman–Crippen MR) is 210 cm³/mol. The Bertz CT molecular complexity index is 1640. The van der Waals surface area contributed by atoms with Gasteiger partial charge in [0.2, 0.25) is 18.0 Å². The summed E-state index contributed by atoms with van der Waals surface area (Å²) in [6.45, 7) is 18.1. The average Bonchev–Trinajstić information content (AvgIpc) is 3.23.